The molecule has 0 saturated heterocycles. The third kappa shape index (κ3) is 5.50. The zero-order valence-corrected chi connectivity index (χ0v) is 14.2. The normalized spacial score (nSPS) is 11.5. The molecule has 0 atom stereocenters. The molecule has 6 nitrogen and oxygen atoms in total. The average molecular weight is 348 g/mol. The molecule has 0 fully saturated rings. The van der Waals surface area contributed by atoms with Crippen molar-refractivity contribution in [2.24, 2.45) is 7.05 Å². The van der Waals surface area contributed by atoms with Crippen molar-refractivity contribution in [2.75, 3.05) is 20.3 Å². The summed E-state index contributed by atoms with van der Waals surface area (Å²) < 4.78 is 13.0. The monoisotopic (exact) mass is 347 g/mol. The highest BCUT2D eigenvalue weighted by atomic mass is 79.9. The highest BCUT2D eigenvalue weighted by Gasteiger charge is 2.23. The van der Waals surface area contributed by atoms with Crippen LogP contribution in [0.4, 0.5) is 4.79 Å². The van der Waals surface area contributed by atoms with E-state index in [4.69, 9.17) is 9.47 Å². The molecule has 0 N–H and O–H groups in total. The summed E-state index contributed by atoms with van der Waals surface area (Å²) in [4.78, 5) is 13.8. The number of methoxy groups -OCH3 is 1. The molecule has 0 radical (unpaired) electrons. The van der Waals surface area contributed by atoms with Crippen molar-refractivity contribution in [3.8, 4) is 0 Å². The number of amides is 1. The van der Waals surface area contributed by atoms with Gasteiger partial charge in [-0.25, -0.2) is 4.79 Å². The molecule has 114 valence electrons. The van der Waals surface area contributed by atoms with Crippen LogP contribution in [0, 0.1) is 0 Å². The molecule has 1 aromatic rings. The third-order valence-electron chi connectivity index (χ3n) is 2.41. The fourth-order valence-electron chi connectivity index (χ4n) is 1.56. The van der Waals surface area contributed by atoms with Crippen LogP contribution in [0.2, 0.25) is 0 Å². The lowest BCUT2D eigenvalue weighted by molar-refractivity contribution is 0.0180. The van der Waals surface area contributed by atoms with Crippen molar-refractivity contribution in [1.29, 1.82) is 0 Å². The summed E-state index contributed by atoms with van der Waals surface area (Å²) in [6, 6.07) is 0. The Morgan fingerprint density at radius 2 is 2.15 bits per heavy atom. The van der Waals surface area contributed by atoms with Gasteiger partial charge in [0, 0.05) is 26.9 Å². The molecular formula is C13H22BrN3O3. The molecule has 1 rings (SSSR count). The highest BCUT2D eigenvalue weighted by Crippen LogP contribution is 2.18. The van der Waals surface area contributed by atoms with Crippen molar-refractivity contribution in [3.63, 3.8) is 0 Å². The predicted molar refractivity (Wildman–Crippen MR) is 79.4 cm³/mol. The van der Waals surface area contributed by atoms with Crippen LogP contribution < -0.4 is 0 Å². The van der Waals surface area contributed by atoms with Gasteiger partial charge in [-0.2, -0.15) is 5.10 Å². The van der Waals surface area contributed by atoms with Crippen molar-refractivity contribution in [2.45, 2.75) is 32.9 Å². The Bertz CT molecular complexity index is 454. The van der Waals surface area contributed by atoms with Gasteiger partial charge in [0.15, 0.2) is 0 Å². The zero-order valence-electron chi connectivity index (χ0n) is 12.6. The van der Waals surface area contributed by atoms with E-state index in [9.17, 15) is 4.79 Å². The largest absolute Gasteiger partial charge is 0.444 e. The molecule has 0 spiro atoms. The summed E-state index contributed by atoms with van der Waals surface area (Å²) in [6.45, 7) is 6.81. The van der Waals surface area contributed by atoms with Gasteiger partial charge in [0.1, 0.15) is 5.60 Å². The topological polar surface area (TPSA) is 56.6 Å². The van der Waals surface area contributed by atoms with E-state index in [1.807, 2.05) is 34.0 Å². The standard InChI is InChI=1S/C13H22BrN3O3/c1-13(2,3)20-12(18)17(6-7-19-5)9-11-10(14)8-16(4)15-11/h8H,6-7,9H2,1-5H3. The second-order valence-electron chi connectivity index (χ2n) is 5.49. The molecule has 0 aliphatic rings. The molecule has 1 heterocycles. The minimum absolute atomic E-state index is 0.368. The number of halogens is 1. The minimum atomic E-state index is -0.524. The molecule has 1 aromatic heterocycles. The van der Waals surface area contributed by atoms with E-state index in [0.717, 1.165) is 10.2 Å². The summed E-state index contributed by atoms with van der Waals surface area (Å²) in [5, 5.41) is 4.32. The van der Waals surface area contributed by atoms with Crippen molar-refractivity contribution in [1.82, 2.24) is 14.7 Å². The first kappa shape index (κ1) is 17.0. The molecule has 0 unspecified atom stereocenters. The van der Waals surface area contributed by atoms with E-state index in [1.54, 1.807) is 16.7 Å². The van der Waals surface area contributed by atoms with E-state index in [-0.39, 0.29) is 6.09 Å². The fourth-order valence-corrected chi connectivity index (χ4v) is 2.06. The molecule has 20 heavy (non-hydrogen) atoms. The molecule has 0 aliphatic carbocycles. The summed E-state index contributed by atoms with van der Waals surface area (Å²) in [5.41, 5.74) is 0.262. The van der Waals surface area contributed by atoms with Gasteiger partial charge in [-0.15, -0.1) is 0 Å². The number of carbonyl (C=O) groups excluding carboxylic acids is 1. The van der Waals surface area contributed by atoms with Crippen molar-refractivity contribution < 1.29 is 14.3 Å². The molecule has 0 aromatic carbocycles. The van der Waals surface area contributed by atoms with E-state index >= 15 is 0 Å². The first-order valence-corrected chi connectivity index (χ1v) is 7.17. The Hall–Kier alpha value is -1.08. The van der Waals surface area contributed by atoms with E-state index in [2.05, 4.69) is 21.0 Å². The molecule has 0 aliphatic heterocycles. The summed E-state index contributed by atoms with van der Waals surface area (Å²) in [7, 11) is 3.44. The number of hydrogen-bond acceptors (Lipinski definition) is 4. The van der Waals surface area contributed by atoms with Gasteiger partial charge in [0.05, 0.1) is 23.3 Å². The van der Waals surface area contributed by atoms with Crippen LogP contribution in [0.5, 0.6) is 0 Å². The SMILES string of the molecule is COCCN(Cc1nn(C)cc1Br)C(=O)OC(C)(C)C. The van der Waals surface area contributed by atoms with Crippen LogP contribution in [0.1, 0.15) is 26.5 Å². The molecular weight excluding hydrogens is 326 g/mol. The Morgan fingerprint density at radius 3 is 2.60 bits per heavy atom. The summed E-state index contributed by atoms with van der Waals surface area (Å²) in [5.74, 6) is 0. The molecule has 1 amide bonds. The third-order valence-corrected chi connectivity index (χ3v) is 3.07. The number of nitrogens with zero attached hydrogens (tertiary/aromatic N) is 3. The molecule has 7 heteroatoms. The van der Waals surface area contributed by atoms with Crippen molar-refractivity contribution in [3.05, 3.63) is 16.4 Å². The summed E-state index contributed by atoms with van der Waals surface area (Å²) >= 11 is 3.43. The Labute approximate surface area is 128 Å². The minimum Gasteiger partial charge on any atom is -0.444 e. The van der Waals surface area contributed by atoms with E-state index < -0.39 is 5.60 Å². The van der Waals surface area contributed by atoms with Crippen LogP contribution in [-0.2, 0) is 23.1 Å². The predicted octanol–water partition coefficient (Wildman–Crippen LogP) is 2.57. The van der Waals surface area contributed by atoms with E-state index in [0.29, 0.717) is 19.7 Å². The first-order valence-electron chi connectivity index (χ1n) is 6.38. The lowest BCUT2D eigenvalue weighted by atomic mass is 10.2. The number of rotatable bonds is 5. The second-order valence-corrected chi connectivity index (χ2v) is 6.35. The quantitative estimate of drug-likeness (QED) is 0.821. The number of aromatic nitrogens is 2. The van der Waals surface area contributed by atoms with Gasteiger partial charge in [0.2, 0.25) is 0 Å². The fraction of sp³-hybridized carbons (Fsp3) is 0.692. The van der Waals surface area contributed by atoms with Crippen molar-refractivity contribution >= 4 is 22.0 Å². The van der Waals surface area contributed by atoms with Gasteiger partial charge in [-0.3, -0.25) is 9.58 Å². The van der Waals surface area contributed by atoms with Crippen LogP contribution in [0.15, 0.2) is 10.7 Å². The first-order chi connectivity index (χ1) is 9.23. The number of hydrogen-bond donors (Lipinski definition) is 0. The van der Waals surface area contributed by atoms with Gasteiger partial charge >= 0.3 is 6.09 Å². The van der Waals surface area contributed by atoms with Crippen LogP contribution >= 0.6 is 15.9 Å². The Morgan fingerprint density at radius 1 is 1.50 bits per heavy atom. The van der Waals surface area contributed by atoms with Crippen LogP contribution in [0.3, 0.4) is 0 Å². The average Bonchev–Trinajstić information content (AvgIpc) is 2.60. The lowest BCUT2D eigenvalue weighted by Crippen LogP contribution is -2.38. The van der Waals surface area contributed by atoms with Gasteiger partial charge < -0.3 is 9.47 Å². The second kappa shape index (κ2) is 7.08. The molecule has 0 bridgehead atoms. The zero-order chi connectivity index (χ0) is 15.3. The maximum absolute atomic E-state index is 12.2. The van der Waals surface area contributed by atoms with Gasteiger partial charge in [-0.05, 0) is 36.7 Å². The Kier molecular flexibility index (Phi) is 6.01. The van der Waals surface area contributed by atoms with Crippen LogP contribution in [0.25, 0.3) is 0 Å². The summed E-state index contributed by atoms with van der Waals surface area (Å²) in [6.07, 6.45) is 1.48. The molecule has 0 saturated carbocycles. The van der Waals surface area contributed by atoms with Gasteiger partial charge in [-0.1, -0.05) is 0 Å². The lowest BCUT2D eigenvalue weighted by Gasteiger charge is -2.26. The smallest absolute Gasteiger partial charge is 0.410 e. The highest BCUT2D eigenvalue weighted by molar-refractivity contribution is 9.10. The number of aryl methyl sites for hydroxylation is 1. The maximum atomic E-state index is 12.2. The number of ether oxygens (including phenoxy) is 2. The van der Waals surface area contributed by atoms with Crippen LogP contribution in [-0.4, -0.2) is 46.6 Å². The Balaban J connectivity index is 2.78. The van der Waals surface area contributed by atoms with E-state index in [1.165, 1.54) is 0 Å². The maximum Gasteiger partial charge on any atom is 0.410 e. The van der Waals surface area contributed by atoms with Gasteiger partial charge in [0.25, 0.3) is 0 Å². The number of carbonyl (C=O) groups is 1.